The Morgan fingerprint density at radius 1 is 1.09 bits per heavy atom. The number of amides is 1. The van der Waals surface area contributed by atoms with Gasteiger partial charge in [-0.25, -0.2) is 14.4 Å². The van der Waals surface area contributed by atoms with Gasteiger partial charge in [0.25, 0.3) is 0 Å². The van der Waals surface area contributed by atoms with E-state index in [-0.39, 0.29) is 18.1 Å². The Morgan fingerprint density at radius 2 is 1.86 bits per heavy atom. The minimum absolute atomic E-state index is 0.0988. The predicted octanol–water partition coefficient (Wildman–Crippen LogP) is 3.08. The number of hydrogen-bond donors (Lipinski definition) is 1. The standard InChI is InChI=1S/C27H32FN5O2/c1-20-29-10-9-23(31-20)19-30-27(34)17-21-3-5-22(6-4-21)25-8-7-24(18-26(25)28)35-16-15-33-13-11-32(2)12-14-33/h3-10,18H,11-17,19H2,1-2H3,(H,30,34). The van der Waals surface area contributed by atoms with Gasteiger partial charge in [0.15, 0.2) is 0 Å². The van der Waals surface area contributed by atoms with Crippen molar-refractivity contribution in [1.29, 1.82) is 0 Å². The van der Waals surface area contributed by atoms with Gasteiger partial charge >= 0.3 is 0 Å². The van der Waals surface area contributed by atoms with E-state index in [1.807, 2.05) is 31.2 Å². The molecule has 1 N–H and O–H groups in total. The molecule has 0 aliphatic carbocycles. The molecule has 0 saturated carbocycles. The van der Waals surface area contributed by atoms with Crippen LogP contribution in [0.4, 0.5) is 4.39 Å². The van der Waals surface area contributed by atoms with Crippen LogP contribution in [-0.2, 0) is 17.8 Å². The summed E-state index contributed by atoms with van der Waals surface area (Å²) < 4.78 is 20.6. The Kier molecular flexibility index (Phi) is 8.39. The number of rotatable bonds is 9. The Labute approximate surface area is 206 Å². The second kappa shape index (κ2) is 11.9. The van der Waals surface area contributed by atoms with Crippen LogP contribution >= 0.6 is 0 Å². The highest BCUT2D eigenvalue weighted by Crippen LogP contribution is 2.26. The van der Waals surface area contributed by atoms with Gasteiger partial charge in [-0.05, 0) is 43.3 Å². The SMILES string of the molecule is Cc1nccc(CNC(=O)Cc2ccc(-c3ccc(OCCN4CCN(C)CC4)cc3F)cc2)n1. The molecule has 35 heavy (non-hydrogen) atoms. The number of aryl methyl sites for hydroxylation is 1. The molecule has 1 aliphatic rings. The van der Waals surface area contributed by atoms with Crippen LogP contribution in [0.25, 0.3) is 11.1 Å². The van der Waals surface area contributed by atoms with Crippen molar-refractivity contribution in [1.82, 2.24) is 25.1 Å². The molecule has 0 spiro atoms. The first kappa shape index (κ1) is 24.8. The summed E-state index contributed by atoms with van der Waals surface area (Å²) in [6, 6.07) is 14.1. The maximum Gasteiger partial charge on any atom is 0.224 e. The monoisotopic (exact) mass is 477 g/mol. The molecular weight excluding hydrogens is 445 g/mol. The third-order valence-electron chi connectivity index (χ3n) is 6.14. The molecule has 0 unspecified atom stereocenters. The molecule has 2 heterocycles. The van der Waals surface area contributed by atoms with Gasteiger partial charge in [0.1, 0.15) is 24.0 Å². The predicted molar refractivity (Wildman–Crippen MR) is 134 cm³/mol. The van der Waals surface area contributed by atoms with Gasteiger partial charge in [0, 0.05) is 50.6 Å². The Hall–Kier alpha value is -3.36. The minimum atomic E-state index is -0.326. The van der Waals surface area contributed by atoms with Crippen molar-refractivity contribution in [2.24, 2.45) is 0 Å². The average Bonchev–Trinajstić information content (AvgIpc) is 2.85. The third-order valence-corrected chi connectivity index (χ3v) is 6.14. The summed E-state index contributed by atoms with van der Waals surface area (Å²) in [4.78, 5) is 25.3. The highest BCUT2D eigenvalue weighted by molar-refractivity contribution is 5.78. The summed E-state index contributed by atoms with van der Waals surface area (Å²) in [6.45, 7) is 7.74. The Morgan fingerprint density at radius 3 is 2.57 bits per heavy atom. The van der Waals surface area contributed by atoms with Gasteiger partial charge in [-0.2, -0.15) is 0 Å². The molecule has 4 rings (SSSR count). The molecule has 1 saturated heterocycles. The van der Waals surface area contributed by atoms with Crippen LogP contribution in [0, 0.1) is 12.7 Å². The molecule has 0 atom stereocenters. The van der Waals surface area contributed by atoms with Crippen molar-refractivity contribution in [2.45, 2.75) is 19.9 Å². The van der Waals surface area contributed by atoms with Gasteiger partial charge in [-0.15, -0.1) is 0 Å². The van der Waals surface area contributed by atoms with Crippen LogP contribution in [0.3, 0.4) is 0 Å². The van der Waals surface area contributed by atoms with E-state index in [1.165, 1.54) is 6.07 Å². The molecule has 1 aliphatic heterocycles. The molecule has 8 heteroatoms. The van der Waals surface area contributed by atoms with Crippen molar-refractivity contribution in [3.63, 3.8) is 0 Å². The van der Waals surface area contributed by atoms with E-state index >= 15 is 0 Å². The summed E-state index contributed by atoms with van der Waals surface area (Å²) in [7, 11) is 2.13. The van der Waals surface area contributed by atoms with Gasteiger partial charge < -0.3 is 15.0 Å². The molecule has 7 nitrogen and oxygen atoms in total. The maximum absolute atomic E-state index is 14.8. The fourth-order valence-electron chi connectivity index (χ4n) is 4.03. The lowest BCUT2D eigenvalue weighted by Crippen LogP contribution is -2.45. The number of likely N-dealkylation sites (N-methyl/N-ethyl adjacent to an activating group) is 1. The molecule has 1 aromatic heterocycles. The number of benzene rings is 2. The second-order valence-electron chi connectivity index (χ2n) is 8.88. The Bertz CT molecular complexity index is 1130. The zero-order valence-corrected chi connectivity index (χ0v) is 20.3. The Balaban J connectivity index is 1.26. The number of aromatic nitrogens is 2. The van der Waals surface area contributed by atoms with Crippen LogP contribution in [-0.4, -0.2) is 72.1 Å². The summed E-state index contributed by atoms with van der Waals surface area (Å²) in [5.41, 5.74) is 2.89. The average molecular weight is 478 g/mol. The number of ether oxygens (including phenoxy) is 1. The number of hydrogen-bond acceptors (Lipinski definition) is 6. The van der Waals surface area contributed by atoms with Crippen LogP contribution in [0.5, 0.6) is 5.75 Å². The topological polar surface area (TPSA) is 70.6 Å². The van der Waals surface area contributed by atoms with Crippen LogP contribution in [0.15, 0.2) is 54.7 Å². The summed E-state index contributed by atoms with van der Waals surface area (Å²) >= 11 is 0. The van der Waals surface area contributed by atoms with Crippen molar-refractivity contribution >= 4 is 5.91 Å². The van der Waals surface area contributed by atoms with Crippen molar-refractivity contribution in [3.05, 3.63) is 77.6 Å². The lowest BCUT2D eigenvalue weighted by Gasteiger charge is -2.32. The second-order valence-corrected chi connectivity index (χ2v) is 8.88. The first-order chi connectivity index (χ1) is 17.0. The largest absolute Gasteiger partial charge is 0.492 e. The lowest BCUT2D eigenvalue weighted by molar-refractivity contribution is -0.120. The molecule has 0 bridgehead atoms. The normalized spacial score (nSPS) is 14.6. The van der Waals surface area contributed by atoms with E-state index in [1.54, 1.807) is 24.4 Å². The molecule has 3 aromatic rings. The summed E-state index contributed by atoms with van der Waals surface area (Å²) in [5.74, 6) is 0.781. The number of carbonyl (C=O) groups is 1. The fourth-order valence-corrected chi connectivity index (χ4v) is 4.03. The van der Waals surface area contributed by atoms with Gasteiger partial charge in [-0.3, -0.25) is 9.69 Å². The smallest absolute Gasteiger partial charge is 0.224 e. The van der Waals surface area contributed by atoms with Crippen LogP contribution in [0.2, 0.25) is 0 Å². The molecule has 2 aromatic carbocycles. The maximum atomic E-state index is 14.8. The lowest BCUT2D eigenvalue weighted by atomic mass is 10.0. The third kappa shape index (κ3) is 7.31. The molecule has 1 amide bonds. The minimum Gasteiger partial charge on any atom is -0.492 e. The molecular formula is C27H32FN5O2. The number of nitrogens with one attached hydrogen (secondary N) is 1. The van der Waals surface area contributed by atoms with Gasteiger partial charge in [0.2, 0.25) is 5.91 Å². The van der Waals surface area contributed by atoms with Crippen molar-refractivity contribution in [3.8, 4) is 16.9 Å². The van der Waals surface area contributed by atoms with E-state index in [0.717, 1.165) is 49.5 Å². The van der Waals surface area contributed by atoms with E-state index < -0.39 is 0 Å². The van der Waals surface area contributed by atoms with E-state index in [9.17, 15) is 9.18 Å². The summed E-state index contributed by atoms with van der Waals surface area (Å²) in [5, 5.41) is 2.87. The number of nitrogens with zero attached hydrogens (tertiary/aromatic N) is 4. The van der Waals surface area contributed by atoms with Crippen molar-refractivity contribution in [2.75, 3.05) is 46.4 Å². The highest BCUT2D eigenvalue weighted by atomic mass is 19.1. The molecule has 1 fully saturated rings. The molecule has 184 valence electrons. The fraction of sp³-hybridized carbons (Fsp3) is 0.370. The zero-order valence-electron chi connectivity index (χ0n) is 20.3. The first-order valence-corrected chi connectivity index (χ1v) is 11.9. The number of halogens is 1. The van der Waals surface area contributed by atoms with E-state index in [2.05, 4.69) is 32.1 Å². The number of piperazine rings is 1. The van der Waals surface area contributed by atoms with E-state index in [0.29, 0.717) is 30.3 Å². The van der Waals surface area contributed by atoms with Crippen LogP contribution in [0.1, 0.15) is 17.1 Å². The van der Waals surface area contributed by atoms with Crippen molar-refractivity contribution < 1.29 is 13.9 Å². The van der Waals surface area contributed by atoms with Gasteiger partial charge in [-0.1, -0.05) is 24.3 Å². The highest BCUT2D eigenvalue weighted by Gasteiger charge is 2.14. The van der Waals surface area contributed by atoms with Gasteiger partial charge in [0.05, 0.1) is 18.7 Å². The number of carbonyl (C=O) groups excluding carboxylic acids is 1. The summed E-state index contributed by atoms with van der Waals surface area (Å²) in [6.07, 6.45) is 1.92. The first-order valence-electron chi connectivity index (χ1n) is 11.9. The van der Waals surface area contributed by atoms with E-state index in [4.69, 9.17) is 4.74 Å². The molecule has 0 radical (unpaired) electrons. The van der Waals surface area contributed by atoms with Crippen LogP contribution < -0.4 is 10.1 Å². The zero-order chi connectivity index (χ0) is 24.6. The quantitative estimate of drug-likeness (QED) is 0.511.